The first-order valence-corrected chi connectivity index (χ1v) is 6.98. The number of ether oxygens (including phenoxy) is 1. The molecule has 0 radical (unpaired) electrons. The summed E-state index contributed by atoms with van der Waals surface area (Å²) in [7, 11) is 3.41. The Morgan fingerprint density at radius 3 is 2.57 bits per heavy atom. The van der Waals surface area contributed by atoms with Gasteiger partial charge in [-0.3, -0.25) is 9.48 Å². The van der Waals surface area contributed by atoms with Crippen molar-refractivity contribution < 1.29 is 9.53 Å². The van der Waals surface area contributed by atoms with Crippen LogP contribution in [-0.2, 0) is 7.05 Å². The van der Waals surface area contributed by atoms with Crippen molar-refractivity contribution in [2.24, 2.45) is 13.0 Å². The predicted molar refractivity (Wildman–Crippen MR) is 82.4 cm³/mol. The molecule has 2 aromatic rings. The van der Waals surface area contributed by atoms with Gasteiger partial charge in [-0.25, -0.2) is 0 Å². The first-order chi connectivity index (χ1) is 10.0. The minimum Gasteiger partial charge on any atom is -0.497 e. The summed E-state index contributed by atoms with van der Waals surface area (Å²) in [4.78, 5) is 12.1. The van der Waals surface area contributed by atoms with Crippen molar-refractivity contribution in [3.63, 3.8) is 0 Å². The second kappa shape index (κ2) is 6.43. The van der Waals surface area contributed by atoms with Gasteiger partial charge in [0.15, 0.2) is 0 Å². The second-order valence-electron chi connectivity index (χ2n) is 5.37. The van der Waals surface area contributed by atoms with Crippen LogP contribution in [0.3, 0.4) is 0 Å². The van der Waals surface area contributed by atoms with Gasteiger partial charge in [0.05, 0.1) is 12.8 Å². The van der Waals surface area contributed by atoms with E-state index in [2.05, 4.69) is 24.3 Å². The van der Waals surface area contributed by atoms with Crippen LogP contribution in [-0.4, -0.2) is 29.3 Å². The molecule has 5 nitrogen and oxygen atoms in total. The summed E-state index contributed by atoms with van der Waals surface area (Å²) in [6.45, 7) is 4.78. The van der Waals surface area contributed by atoms with Gasteiger partial charge in [0, 0.05) is 19.2 Å². The maximum Gasteiger partial charge on any atom is 0.269 e. The number of aryl methyl sites for hydroxylation is 1. The maximum absolute atomic E-state index is 12.1. The van der Waals surface area contributed by atoms with Gasteiger partial charge in [-0.15, -0.1) is 0 Å². The van der Waals surface area contributed by atoms with Crippen molar-refractivity contribution in [1.82, 2.24) is 15.1 Å². The summed E-state index contributed by atoms with van der Waals surface area (Å²) in [6, 6.07) is 9.41. The van der Waals surface area contributed by atoms with E-state index in [0.29, 0.717) is 18.2 Å². The lowest BCUT2D eigenvalue weighted by Gasteiger charge is -2.06. The molecular formula is C16H21N3O2. The Bertz CT molecular complexity index is 615. The smallest absolute Gasteiger partial charge is 0.269 e. The van der Waals surface area contributed by atoms with Crippen molar-refractivity contribution in [3.05, 3.63) is 36.0 Å². The van der Waals surface area contributed by atoms with Crippen LogP contribution in [0.15, 0.2) is 30.3 Å². The molecule has 1 aromatic heterocycles. The van der Waals surface area contributed by atoms with Crippen LogP contribution in [0, 0.1) is 5.92 Å². The lowest BCUT2D eigenvalue weighted by atomic mass is 10.1. The van der Waals surface area contributed by atoms with Crippen LogP contribution in [0.4, 0.5) is 0 Å². The maximum atomic E-state index is 12.1. The van der Waals surface area contributed by atoms with Crippen molar-refractivity contribution in [2.75, 3.05) is 13.7 Å². The number of benzene rings is 1. The minimum atomic E-state index is -0.0986. The molecule has 0 atom stereocenters. The van der Waals surface area contributed by atoms with E-state index in [1.807, 2.05) is 24.3 Å². The monoisotopic (exact) mass is 287 g/mol. The number of hydrogen-bond donors (Lipinski definition) is 1. The van der Waals surface area contributed by atoms with Crippen LogP contribution in [0.2, 0.25) is 0 Å². The van der Waals surface area contributed by atoms with E-state index >= 15 is 0 Å². The molecule has 0 bridgehead atoms. The summed E-state index contributed by atoms with van der Waals surface area (Å²) in [5.41, 5.74) is 2.28. The molecule has 2 rings (SSSR count). The molecule has 0 unspecified atom stereocenters. The average Bonchev–Trinajstić information content (AvgIpc) is 2.87. The van der Waals surface area contributed by atoms with Crippen LogP contribution < -0.4 is 10.1 Å². The van der Waals surface area contributed by atoms with Crippen LogP contribution in [0.25, 0.3) is 11.3 Å². The highest BCUT2D eigenvalue weighted by molar-refractivity contribution is 5.93. The fourth-order valence-corrected chi connectivity index (χ4v) is 1.97. The molecule has 1 aromatic carbocycles. The summed E-state index contributed by atoms with van der Waals surface area (Å²) in [6.07, 6.45) is 0. The lowest BCUT2D eigenvalue weighted by Crippen LogP contribution is -2.28. The third-order valence-corrected chi connectivity index (χ3v) is 3.17. The van der Waals surface area contributed by atoms with Gasteiger partial charge in [0.2, 0.25) is 0 Å². The van der Waals surface area contributed by atoms with E-state index in [4.69, 9.17) is 4.74 Å². The third kappa shape index (κ3) is 3.62. The Labute approximate surface area is 124 Å². The minimum absolute atomic E-state index is 0.0986. The zero-order valence-electron chi connectivity index (χ0n) is 12.9. The fraction of sp³-hybridized carbons (Fsp3) is 0.375. The summed E-state index contributed by atoms with van der Waals surface area (Å²) in [5, 5.41) is 7.30. The Morgan fingerprint density at radius 2 is 2.00 bits per heavy atom. The molecule has 0 saturated heterocycles. The Balaban J connectivity index is 2.19. The largest absolute Gasteiger partial charge is 0.497 e. The second-order valence-corrected chi connectivity index (χ2v) is 5.37. The number of carbonyl (C=O) groups excluding carboxylic acids is 1. The van der Waals surface area contributed by atoms with Gasteiger partial charge in [-0.1, -0.05) is 13.8 Å². The normalized spacial score (nSPS) is 10.7. The predicted octanol–water partition coefficient (Wildman–Crippen LogP) is 2.48. The van der Waals surface area contributed by atoms with E-state index in [1.54, 1.807) is 24.9 Å². The molecule has 112 valence electrons. The SMILES string of the molecule is COc1ccc(-c2cc(C(=O)NCC(C)C)n(C)n2)cc1. The first kappa shape index (κ1) is 15.1. The first-order valence-electron chi connectivity index (χ1n) is 6.98. The molecule has 0 spiro atoms. The van der Waals surface area contributed by atoms with Gasteiger partial charge in [0.25, 0.3) is 5.91 Å². The van der Waals surface area contributed by atoms with Crippen molar-refractivity contribution in [2.45, 2.75) is 13.8 Å². The summed E-state index contributed by atoms with van der Waals surface area (Å²) >= 11 is 0. The Hall–Kier alpha value is -2.30. The number of rotatable bonds is 5. The summed E-state index contributed by atoms with van der Waals surface area (Å²) < 4.78 is 6.74. The van der Waals surface area contributed by atoms with E-state index in [9.17, 15) is 4.79 Å². The molecule has 0 aliphatic carbocycles. The molecule has 1 N–H and O–H groups in total. The number of nitrogens with zero attached hydrogens (tertiary/aromatic N) is 2. The van der Waals surface area contributed by atoms with Crippen LogP contribution in [0.5, 0.6) is 5.75 Å². The van der Waals surface area contributed by atoms with E-state index in [1.165, 1.54) is 0 Å². The number of aromatic nitrogens is 2. The molecular weight excluding hydrogens is 266 g/mol. The van der Waals surface area contributed by atoms with Gasteiger partial charge in [0.1, 0.15) is 11.4 Å². The zero-order valence-corrected chi connectivity index (χ0v) is 12.9. The number of carbonyl (C=O) groups is 1. The highest BCUT2D eigenvalue weighted by Crippen LogP contribution is 2.21. The number of amides is 1. The molecule has 0 fully saturated rings. The number of nitrogens with one attached hydrogen (secondary N) is 1. The van der Waals surface area contributed by atoms with Gasteiger partial charge in [-0.05, 0) is 36.2 Å². The number of hydrogen-bond acceptors (Lipinski definition) is 3. The molecule has 1 heterocycles. The Morgan fingerprint density at radius 1 is 1.33 bits per heavy atom. The molecule has 5 heteroatoms. The van der Waals surface area contributed by atoms with E-state index in [0.717, 1.165) is 17.0 Å². The quantitative estimate of drug-likeness (QED) is 0.919. The zero-order chi connectivity index (χ0) is 15.4. The molecule has 21 heavy (non-hydrogen) atoms. The standard InChI is InChI=1S/C16H21N3O2/c1-11(2)10-17-16(20)15-9-14(18-19(15)3)12-5-7-13(21-4)8-6-12/h5-9,11H,10H2,1-4H3,(H,17,20). The van der Waals surface area contributed by atoms with Crippen molar-refractivity contribution >= 4 is 5.91 Å². The summed E-state index contributed by atoms with van der Waals surface area (Å²) in [5.74, 6) is 1.12. The fourth-order valence-electron chi connectivity index (χ4n) is 1.97. The lowest BCUT2D eigenvalue weighted by molar-refractivity contribution is 0.0939. The van der Waals surface area contributed by atoms with Crippen molar-refractivity contribution in [3.8, 4) is 17.0 Å². The van der Waals surface area contributed by atoms with Gasteiger partial charge < -0.3 is 10.1 Å². The average molecular weight is 287 g/mol. The van der Waals surface area contributed by atoms with E-state index < -0.39 is 0 Å². The third-order valence-electron chi connectivity index (χ3n) is 3.17. The van der Waals surface area contributed by atoms with E-state index in [-0.39, 0.29) is 5.91 Å². The molecule has 0 aliphatic heterocycles. The van der Waals surface area contributed by atoms with Crippen LogP contribution in [0.1, 0.15) is 24.3 Å². The van der Waals surface area contributed by atoms with Crippen LogP contribution >= 0.6 is 0 Å². The highest BCUT2D eigenvalue weighted by Gasteiger charge is 2.14. The number of methoxy groups -OCH3 is 1. The van der Waals surface area contributed by atoms with Crippen molar-refractivity contribution in [1.29, 1.82) is 0 Å². The van der Waals surface area contributed by atoms with Gasteiger partial charge >= 0.3 is 0 Å². The highest BCUT2D eigenvalue weighted by atomic mass is 16.5. The van der Waals surface area contributed by atoms with Gasteiger partial charge in [-0.2, -0.15) is 5.10 Å². The Kier molecular flexibility index (Phi) is 4.62. The topological polar surface area (TPSA) is 56.1 Å². The molecule has 0 aliphatic rings. The molecule has 1 amide bonds. The molecule has 0 saturated carbocycles.